The van der Waals surface area contributed by atoms with E-state index in [1.54, 1.807) is 12.1 Å². The van der Waals surface area contributed by atoms with E-state index < -0.39 is 4.92 Å². The molecule has 7 heteroatoms. The first kappa shape index (κ1) is 10.8. The van der Waals surface area contributed by atoms with E-state index in [1.165, 1.54) is 24.3 Å². The maximum absolute atomic E-state index is 10.7. The predicted molar refractivity (Wildman–Crippen MR) is 59.6 cm³/mol. The number of aromatic nitrogens is 2. The highest BCUT2D eigenvalue weighted by Crippen LogP contribution is 2.29. The average Bonchev–Trinajstić information content (AvgIpc) is 2.32. The fraction of sp³-hybridized carbons (Fsp3) is 0. The van der Waals surface area contributed by atoms with E-state index in [-0.39, 0.29) is 23.1 Å². The van der Waals surface area contributed by atoms with Crippen LogP contribution in [0, 0.1) is 10.1 Å². The number of anilines is 1. The van der Waals surface area contributed by atoms with E-state index in [0.717, 1.165) is 0 Å². The maximum atomic E-state index is 10.7. The molecule has 2 aromatic rings. The molecule has 17 heavy (non-hydrogen) atoms. The normalized spacial score (nSPS) is 9.88. The Bertz CT molecular complexity index is 542. The first-order chi connectivity index (χ1) is 8.16. The van der Waals surface area contributed by atoms with Gasteiger partial charge in [-0.05, 0) is 12.1 Å². The van der Waals surface area contributed by atoms with Gasteiger partial charge >= 0.3 is 5.69 Å². The standard InChI is InChI=1S/C10H8N4O3/c11-9-5-6-10(13-12-9)17-8-4-2-1-3-7(8)14(15)16/h1-6H,(H2,11,12). The van der Waals surface area contributed by atoms with Gasteiger partial charge < -0.3 is 10.5 Å². The van der Waals surface area contributed by atoms with Gasteiger partial charge in [-0.15, -0.1) is 10.2 Å². The molecule has 1 aromatic carbocycles. The van der Waals surface area contributed by atoms with Crippen molar-refractivity contribution in [3.63, 3.8) is 0 Å². The molecule has 0 atom stereocenters. The fourth-order valence-electron chi connectivity index (χ4n) is 1.19. The molecule has 0 radical (unpaired) electrons. The summed E-state index contributed by atoms with van der Waals surface area (Å²) >= 11 is 0. The first-order valence-electron chi connectivity index (χ1n) is 4.67. The zero-order valence-electron chi connectivity index (χ0n) is 8.61. The summed E-state index contributed by atoms with van der Waals surface area (Å²) in [7, 11) is 0. The van der Waals surface area contributed by atoms with E-state index in [0.29, 0.717) is 0 Å². The van der Waals surface area contributed by atoms with Crippen LogP contribution in [-0.4, -0.2) is 15.1 Å². The Labute approximate surface area is 96.0 Å². The van der Waals surface area contributed by atoms with E-state index in [2.05, 4.69) is 10.2 Å². The van der Waals surface area contributed by atoms with E-state index >= 15 is 0 Å². The molecule has 0 aliphatic rings. The summed E-state index contributed by atoms with van der Waals surface area (Å²) in [5.41, 5.74) is 5.23. The lowest BCUT2D eigenvalue weighted by atomic mass is 10.3. The number of nitrogens with two attached hydrogens (primary N) is 1. The number of para-hydroxylation sites is 2. The second kappa shape index (κ2) is 4.44. The molecule has 2 rings (SSSR count). The summed E-state index contributed by atoms with van der Waals surface area (Å²) in [6.07, 6.45) is 0. The van der Waals surface area contributed by atoms with Crippen LogP contribution in [0.15, 0.2) is 36.4 Å². The van der Waals surface area contributed by atoms with Gasteiger partial charge in [0.2, 0.25) is 11.6 Å². The van der Waals surface area contributed by atoms with Crippen molar-refractivity contribution in [3.05, 3.63) is 46.5 Å². The molecule has 2 N–H and O–H groups in total. The SMILES string of the molecule is Nc1ccc(Oc2ccccc2[N+](=O)[O-])nn1. The number of hydrogen-bond donors (Lipinski definition) is 1. The number of benzene rings is 1. The Morgan fingerprint density at radius 1 is 1.18 bits per heavy atom. The van der Waals surface area contributed by atoms with Gasteiger partial charge in [-0.25, -0.2) is 0 Å². The van der Waals surface area contributed by atoms with Crippen molar-refractivity contribution in [2.24, 2.45) is 0 Å². The summed E-state index contributed by atoms with van der Waals surface area (Å²) < 4.78 is 5.25. The molecule has 0 aliphatic heterocycles. The van der Waals surface area contributed by atoms with Crippen LogP contribution < -0.4 is 10.5 Å². The lowest BCUT2D eigenvalue weighted by Gasteiger charge is -2.04. The van der Waals surface area contributed by atoms with Crippen LogP contribution >= 0.6 is 0 Å². The second-order valence-electron chi connectivity index (χ2n) is 3.12. The highest BCUT2D eigenvalue weighted by Gasteiger charge is 2.14. The van der Waals surface area contributed by atoms with Crippen LogP contribution in [0.3, 0.4) is 0 Å². The molecule has 0 fully saturated rings. The lowest BCUT2D eigenvalue weighted by Crippen LogP contribution is -1.97. The predicted octanol–water partition coefficient (Wildman–Crippen LogP) is 1.76. The largest absolute Gasteiger partial charge is 0.430 e. The minimum absolute atomic E-state index is 0.108. The third-order valence-corrected chi connectivity index (χ3v) is 1.94. The Morgan fingerprint density at radius 2 is 1.94 bits per heavy atom. The molecule has 7 nitrogen and oxygen atoms in total. The van der Waals surface area contributed by atoms with Gasteiger partial charge in [0.05, 0.1) is 4.92 Å². The second-order valence-corrected chi connectivity index (χ2v) is 3.12. The molecular formula is C10H8N4O3. The monoisotopic (exact) mass is 232 g/mol. The van der Waals surface area contributed by atoms with Gasteiger partial charge in [0.25, 0.3) is 0 Å². The van der Waals surface area contributed by atoms with Gasteiger partial charge in [-0.3, -0.25) is 10.1 Å². The summed E-state index contributed by atoms with van der Waals surface area (Å²) in [5.74, 6) is 0.505. The highest BCUT2D eigenvalue weighted by molar-refractivity contribution is 5.47. The van der Waals surface area contributed by atoms with Crippen molar-refractivity contribution in [2.45, 2.75) is 0 Å². The summed E-state index contributed by atoms with van der Waals surface area (Å²) in [4.78, 5) is 10.2. The number of nitro benzene ring substituents is 1. The van der Waals surface area contributed by atoms with Crippen molar-refractivity contribution < 1.29 is 9.66 Å². The van der Waals surface area contributed by atoms with Crippen LogP contribution in [0.5, 0.6) is 11.6 Å². The topological polar surface area (TPSA) is 104 Å². The zero-order chi connectivity index (χ0) is 12.3. The minimum atomic E-state index is -0.528. The molecule has 0 saturated heterocycles. The molecule has 0 amide bonds. The number of nitrogens with zero attached hydrogens (tertiary/aromatic N) is 3. The smallest absolute Gasteiger partial charge is 0.311 e. The summed E-state index contributed by atoms with van der Waals surface area (Å²) in [5, 5.41) is 18.0. The van der Waals surface area contributed by atoms with Crippen LogP contribution in [0.25, 0.3) is 0 Å². The van der Waals surface area contributed by atoms with E-state index in [4.69, 9.17) is 10.5 Å². The van der Waals surface area contributed by atoms with Crippen LogP contribution in [0.2, 0.25) is 0 Å². The van der Waals surface area contributed by atoms with Gasteiger partial charge in [-0.2, -0.15) is 0 Å². The molecule has 1 heterocycles. The summed E-state index contributed by atoms with van der Waals surface area (Å²) in [6, 6.07) is 9.00. The molecule has 0 spiro atoms. The lowest BCUT2D eigenvalue weighted by molar-refractivity contribution is -0.385. The first-order valence-corrected chi connectivity index (χ1v) is 4.67. The Kier molecular flexibility index (Phi) is 2.82. The van der Waals surface area contributed by atoms with E-state index in [9.17, 15) is 10.1 Å². The van der Waals surface area contributed by atoms with Crippen molar-refractivity contribution in [3.8, 4) is 11.6 Å². The molecule has 0 saturated carbocycles. The maximum Gasteiger partial charge on any atom is 0.311 e. The van der Waals surface area contributed by atoms with Crippen molar-refractivity contribution >= 4 is 11.5 Å². The van der Waals surface area contributed by atoms with Crippen molar-refractivity contribution in [2.75, 3.05) is 5.73 Å². The number of nitrogen functional groups attached to an aromatic ring is 1. The molecule has 0 unspecified atom stereocenters. The van der Waals surface area contributed by atoms with Crippen LogP contribution in [0.1, 0.15) is 0 Å². The highest BCUT2D eigenvalue weighted by atomic mass is 16.6. The molecule has 0 bridgehead atoms. The van der Waals surface area contributed by atoms with Gasteiger partial charge in [-0.1, -0.05) is 12.1 Å². The molecule has 86 valence electrons. The van der Waals surface area contributed by atoms with Crippen LogP contribution in [-0.2, 0) is 0 Å². The fourth-order valence-corrected chi connectivity index (χ4v) is 1.19. The van der Waals surface area contributed by atoms with Crippen LogP contribution in [0.4, 0.5) is 11.5 Å². The molecular weight excluding hydrogens is 224 g/mol. The van der Waals surface area contributed by atoms with Gasteiger partial charge in [0.15, 0.2) is 0 Å². The Balaban J connectivity index is 2.30. The third kappa shape index (κ3) is 2.46. The molecule has 0 aliphatic carbocycles. The van der Waals surface area contributed by atoms with E-state index in [1.807, 2.05) is 0 Å². The zero-order valence-corrected chi connectivity index (χ0v) is 8.61. The number of nitro groups is 1. The summed E-state index contributed by atoms with van der Waals surface area (Å²) in [6.45, 7) is 0. The number of ether oxygens (including phenoxy) is 1. The van der Waals surface area contributed by atoms with Crippen molar-refractivity contribution in [1.82, 2.24) is 10.2 Å². The number of rotatable bonds is 3. The third-order valence-electron chi connectivity index (χ3n) is 1.94. The Morgan fingerprint density at radius 3 is 2.59 bits per heavy atom. The van der Waals surface area contributed by atoms with Gasteiger partial charge in [0, 0.05) is 12.1 Å². The van der Waals surface area contributed by atoms with Gasteiger partial charge in [0.1, 0.15) is 5.82 Å². The van der Waals surface area contributed by atoms with Crippen molar-refractivity contribution in [1.29, 1.82) is 0 Å². The minimum Gasteiger partial charge on any atom is -0.430 e. The number of hydrogen-bond acceptors (Lipinski definition) is 6. The molecule has 1 aromatic heterocycles. The average molecular weight is 232 g/mol. The quantitative estimate of drug-likeness (QED) is 0.638. The Hall–Kier alpha value is -2.70.